The first-order valence-corrected chi connectivity index (χ1v) is 9.95. The molecule has 1 N–H and O–H groups in total. The van der Waals surface area contributed by atoms with E-state index in [1.54, 1.807) is 12.3 Å². The van der Waals surface area contributed by atoms with E-state index in [9.17, 15) is 9.59 Å². The van der Waals surface area contributed by atoms with E-state index in [0.717, 1.165) is 64.7 Å². The lowest BCUT2D eigenvalue weighted by molar-refractivity contribution is -0.127. The minimum absolute atomic E-state index is 0.0318. The summed E-state index contributed by atoms with van der Waals surface area (Å²) in [5.74, 6) is 0.418. The Morgan fingerprint density at radius 3 is 2.54 bits per heavy atom. The van der Waals surface area contributed by atoms with Crippen LogP contribution in [-0.4, -0.2) is 64.9 Å². The van der Waals surface area contributed by atoms with Gasteiger partial charge in [-0.2, -0.15) is 0 Å². The van der Waals surface area contributed by atoms with Crippen molar-refractivity contribution in [3.8, 4) is 0 Å². The summed E-state index contributed by atoms with van der Waals surface area (Å²) >= 11 is 0. The van der Waals surface area contributed by atoms with Crippen molar-refractivity contribution < 1.29 is 9.59 Å². The van der Waals surface area contributed by atoms with Gasteiger partial charge in [0.2, 0.25) is 5.91 Å². The molecule has 2 amide bonds. The van der Waals surface area contributed by atoms with Gasteiger partial charge in [0.25, 0.3) is 5.91 Å². The molecule has 140 valence electrons. The first-order chi connectivity index (χ1) is 12.7. The molecule has 0 bridgehead atoms. The van der Waals surface area contributed by atoms with Crippen molar-refractivity contribution in [3.63, 3.8) is 0 Å². The molecule has 2 aliphatic heterocycles. The summed E-state index contributed by atoms with van der Waals surface area (Å²) in [4.78, 5) is 33.5. The molecule has 3 fully saturated rings. The fourth-order valence-electron chi connectivity index (χ4n) is 4.18. The van der Waals surface area contributed by atoms with Gasteiger partial charge in [0, 0.05) is 37.9 Å². The number of carbonyl (C=O) groups is 2. The van der Waals surface area contributed by atoms with Crippen LogP contribution in [0.3, 0.4) is 0 Å². The van der Waals surface area contributed by atoms with E-state index in [-0.39, 0.29) is 17.7 Å². The molecule has 0 spiro atoms. The molecule has 2 saturated heterocycles. The van der Waals surface area contributed by atoms with Crippen LogP contribution >= 0.6 is 0 Å². The molecule has 0 unspecified atom stereocenters. The summed E-state index contributed by atoms with van der Waals surface area (Å²) in [6.07, 6.45) is 8.02. The minimum atomic E-state index is 0.0318. The number of nitrogens with zero attached hydrogens (tertiary/aromatic N) is 3. The molecular weight excluding hydrogens is 328 g/mol. The molecule has 3 aliphatic rings. The molecule has 1 aromatic rings. The van der Waals surface area contributed by atoms with Crippen LogP contribution in [0, 0.1) is 5.92 Å². The number of hydrogen-bond donors (Lipinski definition) is 1. The largest absolute Gasteiger partial charge is 0.353 e. The van der Waals surface area contributed by atoms with Crippen molar-refractivity contribution in [2.24, 2.45) is 5.92 Å². The van der Waals surface area contributed by atoms with E-state index in [0.29, 0.717) is 17.8 Å². The molecule has 3 heterocycles. The summed E-state index contributed by atoms with van der Waals surface area (Å²) < 4.78 is 0. The monoisotopic (exact) mass is 356 g/mol. The molecule has 1 atom stereocenters. The Labute approximate surface area is 155 Å². The second kappa shape index (κ2) is 7.74. The third kappa shape index (κ3) is 4.06. The molecule has 6 nitrogen and oxygen atoms in total. The van der Waals surface area contributed by atoms with Crippen LogP contribution < -0.4 is 5.32 Å². The van der Waals surface area contributed by atoms with Crippen molar-refractivity contribution in [1.29, 1.82) is 0 Å². The zero-order chi connectivity index (χ0) is 17.9. The first-order valence-electron chi connectivity index (χ1n) is 9.95. The van der Waals surface area contributed by atoms with E-state index in [2.05, 4.69) is 15.2 Å². The van der Waals surface area contributed by atoms with E-state index in [1.165, 1.54) is 0 Å². The predicted octanol–water partition coefficient (Wildman–Crippen LogP) is 1.68. The maximum atomic E-state index is 12.5. The van der Waals surface area contributed by atoms with E-state index in [4.69, 9.17) is 0 Å². The summed E-state index contributed by atoms with van der Waals surface area (Å²) in [6, 6.07) is 6.39. The lowest BCUT2D eigenvalue weighted by Gasteiger charge is -2.42. The molecule has 6 heteroatoms. The standard InChI is InChI=1S/C20H28N4O2/c25-19(22-16-6-7-16)15-4-3-11-24(14-15)17-8-12-23(13-9-17)20(26)18-5-1-2-10-21-18/h1-2,5,10,15-17H,3-4,6-9,11-14H2,(H,22,25)/t15-/m1/s1. The topological polar surface area (TPSA) is 65.5 Å². The van der Waals surface area contributed by atoms with Gasteiger partial charge in [0.15, 0.2) is 0 Å². The highest BCUT2D eigenvalue weighted by Crippen LogP contribution is 2.26. The fourth-order valence-corrected chi connectivity index (χ4v) is 4.18. The van der Waals surface area contributed by atoms with Crippen molar-refractivity contribution in [2.45, 2.75) is 50.6 Å². The van der Waals surface area contributed by atoms with Crippen molar-refractivity contribution >= 4 is 11.8 Å². The highest BCUT2D eigenvalue weighted by Gasteiger charge is 2.34. The van der Waals surface area contributed by atoms with Crippen LogP contribution in [0.5, 0.6) is 0 Å². The van der Waals surface area contributed by atoms with Gasteiger partial charge in [0.1, 0.15) is 5.69 Å². The average Bonchev–Trinajstić information content (AvgIpc) is 3.52. The zero-order valence-corrected chi connectivity index (χ0v) is 15.3. The summed E-state index contributed by atoms with van der Waals surface area (Å²) in [6.45, 7) is 3.49. The molecule has 4 rings (SSSR count). The molecule has 1 saturated carbocycles. The second-order valence-electron chi connectivity index (χ2n) is 7.86. The van der Waals surface area contributed by atoms with Gasteiger partial charge in [-0.15, -0.1) is 0 Å². The lowest BCUT2D eigenvalue weighted by atomic mass is 9.93. The number of rotatable bonds is 4. The Balaban J connectivity index is 1.28. The van der Waals surface area contributed by atoms with E-state index >= 15 is 0 Å². The number of pyridine rings is 1. The van der Waals surface area contributed by atoms with Gasteiger partial charge < -0.3 is 10.2 Å². The zero-order valence-electron chi connectivity index (χ0n) is 15.3. The van der Waals surface area contributed by atoms with Crippen LogP contribution in [0.1, 0.15) is 49.0 Å². The smallest absolute Gasteiger partial charge is 0.272 e. The minimum Gasteiger partial charge on any atom is -0.353 e. The normalized spacial score (nSPS) is 25.1. The maximum absolute atomic E-state index is 12.5. The molecule has 1 aromatic heterocycles. The molecule has 26 heavy (non-hydrogen) atoms. The average molecular weight is 356 g/mol. The number of likely N-dealkylation sites (tertiary alicyclic amines) is 2. The Morgan fingerprint density at radius 2 is 1.85 bits per heavy atom. The number of aromatic nitrogens is 1. The molecular formula is C20H28N4O2. The molecule has 0 radical (unpaired) electrons. The summed E-state index contributed by atoms with van der Waals surface area (Å²) in [7, 11) is 0. The SMILES string of the molecule is O=C(NC1CC1)[C@@H]1CCCN(C2CCN(C(=O)c3ccccn3)CC2)C1. The number of piperidine rings is 2. The lowest BCUT2D eigenvalue weighted by Crippen LogP contribution is -2.51. The third-order valence-electron chi connectivity index (χ3n) is 5.90. The van der Waals surface area contributed by atoms with Crippen molar-refractivity contribution in [2.75, 3.05) is 26.2 Å². The van der Waals surface area contributed by atoms with Crippen LogP contribution in [-0.2, 0) is 4.79 Å². The highest BCUT2D eigenvalue weighted by atomic mass is 16.2. The van der Waals surface area contributed by atoms with Crippen molar-refractivity contribution in [1.82, 2.24) is 20.1 Å². The number of carbonyl (C=O) groups excluding carboxylic acids is 2. The Bertz CT molecular complexity index is 638. The van der Waals surface area contributed by atoms with Crippen LogP contribution in [0.25, 0.3) is 0 Å². The Morgan fingerprint density at radius 1 is 1.04 bits per heavy atom. The molecule has 1 aliphatic carbocycles. The van der Waals surface area contributed by atoms with Gasteiger partial charge in [-0.25, -0.2) is 0 Å². The van der Waals surface area contributed by atoms with Crippen LogP contribution in [0.15, 0.2) is 24.4 Å². The van der Waals surface area contributed by atoms with E-state index < -0.39 is 0 Å². The van der Waals surface area contributed by atoms with Gasteiger partial charge >= 0.3 is 0 Å². The number of amides is 2. The Hall–Kier alpha value is -1.95. The van der Waals surface area contributed by atoms with Gasteiger partial charge in [-0.1, -0.05) is 6.07 Å². The summed E-state index contributed by atoms with van der Waals surface area (Å²) in [5, 5.41) is 3.16. The second-order valence-corrected chi connectivity index (χ2v) is 7.86. The van der Waals surface area contributed by atoms with Gasteiger partial charge in [0.05, 0.1) is 5.92 Å². The van der Waals surface area contributed by atoms with E-state index in [1.807, 2.05) is 17.0 Å². The fraction of sp³-hybridized carbons (Fsp3) is 0.650. The highest BCUT2D eigenvalue weighted by molar-refractivity contribution is 5.92. The third-order valence-corrected chi connectivity index (χ3v) is 5.90. The maximum Gasteiger partial charge on any atom is 0.272 e. The quantitative estimate of drug-likeness (QED) is 0.891. The van der Waals surface area contributed by atoms with Gasteiger partial charge in [-0.3, -0.25) is 19.5 Å². The first kappa shape index (κ1) is 17.5. The van der Waals surface area contributed by atoms with Crippen LogP contribution in [0.2, 0.25) is 0 Å². The number of nitrogens with one attached hydrogen (secondary N) is 1. The van der Waals surface area contributed by atoms with Gasteiger partial charge in [-0.05, 0) is 57.2 Å². The summed E-state index contributed by atoms with van der Waals surface area (Å²) in [5.41, 5.74) is 0.528. The Kier molecular flexibility index (Phi) is 5.20. The van der Waals surface area contributed by atoms with Crippen LogP contribution in [0.4, 0.5) is 0 Å². The molecule has 0 aromatic carbocycles. The predicted molar refractivity (Wildman–Crippen MR) is 98.6 cm³/mol. The van der Waals surface area contributed by atoms with Crippen molar-refractivity contribution in [3.05, 3.63) is 30.1 Å². The number of hydrogen-bond acceptors (Lipinski definition) is 4.